The number of rotatable bonds is 5. The molecule has 6 nitrogen and oxygen atoms in total. The third-order valence-electron chi connectivity index (χ3n) is 8.25. The molecule has 2 saturated heterocycles. The Labute approximate surface area is 244 Å². The van der Waals surface area contributed by atoms with Crippen LogP contribution >= 0.6 is 15.9 Å². The summed E-state index contributed by atoms with van der Waals surface area (Å²) in [4.78, 5) is 58.9. The lowest BCUT2D eigenvalue weighted by Crippen LogP contribution is -2.46. The van der Waals surface area contributed by atoms with E-state index in [1.807, 2.05) is 42.5 Å². The van der Waals surface area contributed by atoms with E-state index in [1.54, 1.807) is 77.8 Å². The molecule has 0 radical (unpaired) electrons. The lowest BCUT2D eigenvalue weighted by Gasteiger charge is -2.33. The monoisotopic (exact) mass is 602 g/mol. The number of fused-ring (bicyclic) bond motifs is 4. The first-order valence-corrected chi connectivity index (χ1v) is 14.2. The lowest BCUT2D eigenvalue weighted by molar-refractivity contribution is -0.123. The van der Waals surface area contributed by atoms with Crippen LogP contribution in [-0.4, -0.2) is 40.4 Å². The van der Waals surface area contributed by atoms with Crippen molar-refractivity contribution in [3.05, 3.63) is 137 Å². The molecule has 2 fully saturated rings. The van der Waals surface area contributed by atoms with E-state index < -0.39 is 29.8 Å². The van der Waals surface area contributed by atoms with E-state index in [-0.39, 0.29) is 17.5 Å². The molecule has 3 aliphatic rings. The standard InChI is InChI=1S/C34H23BrN2O4/c35-24-15-13-22(14-16-24)32(39)30-29-28(27-19-23(17-18-36(27)30)31(38)21-8-2-1-3-9-21)33(40)37(34(29)41)26-12-6-10-20-7-4-5-11-25(20)26/h1-19,27-30H/t27-,28-,29+,30-/m1/s1. The molecule has 0 unspecified atom stereocenters. The van der Waals surface area contributed by atoms with E-state index in [9.17, 15) is 19.2 Å². The molecular weight excluding hydrogens is 580 g/mol. The Morgan fingerprint density at radius 2 is 1.39 bits per heavy atom. The van der Waals surface area contributed by atoms with E-state index in [4.69, 9.17) is 0 Å². The summed E-state index contributed by atoms with van der Waals surface area (Å²) in [6.07, 6.45) is 5.12. The van der Waals surface area contributed by atoms with Gasteiger partial charge in [0.25, 0.3) is 0 Å². The minimum absolute atomic E-state index is 0.177. The van der Waals surface area contributed by atoms with Crippen molar-refractivity contribution in [2.24, 2.45) is 11.8 Å². The molecule has 4 atom stereocenters. The van der Waals surface area contributed by atoms with E-state index in [0.717, 1.165) is 15.2 Å². The molecule has 7 rings (SSSR count). The van der Waals surface area contributed by atoms with Crippen LogP contribution in [0, 0.1) is 11.8 Å². The Balaban J connectivity index is 1.34. The van der Waals surface area contributed by atoms with Crippen LogP contribution in [0.5, 0.6) is 0 Å². The van der Waals surface area contributed by atoms with Crippen LogP contribution in [0.25, 0.3) is 10.8 Å². The van der Waals surface area contributed by atoms with Crippen LogP contribution in [0.15, 0.2) is 125 Å². The van der Waals surface area contributed by atoms with E-state index in [0.29, 0.717) is 22.4 Å². The molecule has 4 aromatic rings. The second-order valence-corrected chi connectivity index (χ2v) is 11.4. The zero-order valence-corrected chi connectivity index (χ0v) is 23.3. The van der Waals surface area contributed by atoms with Gasteiger partial charge in [0.05, 0.1) is 23.6 Å². The Morgan fingerprint density at radius 1 is 0.707 bits per heavy atom. The number of hydrogen-bond donors (Lipinski definition) is 0. The number of benzene rings is 4. The summed E-state index contributed by atoms with van der Waals surface area (Å²) in [6, 6.07) is 27.5. The molecule has 3 aliphatic heterocycles. The number of halogens is 1. The van der Waals surface area contributed by atoms with Crippen molar-refractivity contribution in [2.75, 3.05) is 4.90 Å². The first-order chi connectivity index (χ1) is 19.9. The number of amides is 2. The maximum absolute atomic E-state index is 14.2. The van der Waals surface area contributed by atoms with Gasteiger partial charge in [-0.05, 0) is 29.7 Å². The summed E-state index contributed by atoms with van der Waals surface area (Å²) in [6.45, 7) is 0. The third kappa shape index (κ3) is 3.99. The molecule has 0 aromatic heterocycles. The van der Waals surface area contributed by atoms with Gasteiger partial charge in [0, 0.05) is 32.8 Å². The third-order valence-corrected chi connectivity index (χ3v) is 8.78. The number of carbonyl (C=O) groups is 4. The fourth-order valence-corrected chi connectivity index (χ4v) is 6.64. The fourth-order valence-electron chi connectivity index (χ4n) is 6.38. The predicted molar refractivity (Wildman–Crippen MR) is 159 cm³/mol. The normalized spacial score (nSPS) is 23.0. The number of carbonyl (C=O) groups excluding carboxylic acids is 4. The number of ketones is 2. The zero-order chi connectivity index (χ0) is 28.2. The maximum Gasteiger partial charge on any atom is 0.240 e. The van der Waals surface area contributed by atoms with Gasteiger partial charge in [-0.3, -0.25) is 19.2 Å². The van der Waals surface area contributed by atoms with E-state index in [1.165, 1.54) is 4.90 Å². The number of allylic oxidation sites excluding steroid dienone is 2. The van der Waals surface area contributed by atoms with Crippen LogP contribution in [0.3, 0.4) is 0 Å². The summed E-state index contributed by atoms with van der Waals surface area (Å²) >= 11 is 3.41. The fraction of sp³-hybridized carbons (Fsp3) is 0.118. The van der Waals surface area contributed by atoms with Gasteiger partial charge in [0.1, 0.15) is 6.04 Å². The minimum atomic E-state index is -0.908. The number of Topliss-reactive ketones (excluding diaryl/α,β-unsaturated/α-hetero) is 2. The number of hydrogen-bond acceptors (Lipinski definition) is 5. The highest BCUT2D eigenvalue weighted by molar-refractivity contribution is 9.10. The summed E-state index contributed by atoms with van der Waals surface area (Å²) < 4.78 is 0.829. The van der Waals surface area contributed by atoms with Crippen LogP contribution < -0.4 is 4.90 Å². The predicted octanol–water partition coefficient (Wildman–Crippen LogP) is 5.98. The number of imide groups is 1. The average Bonchev–Trinajstić information content (AvgIpc) is 3.48. The van der Waals surface area contributed by atoms with Gasteiger partial charge in [-0.1, -0.05) is 101 Å². The molecule has 0 aliphatic carbocycles. The van der Waals surface area contributed by atoms with Crippen molar-refractivity contribution in [1.82, 2.24) is 4.90 Å². The van der Waals surface area contributed by atoms with E-state index in [2.05, 4.69) is 15.9 Å². The SMILES string of the molecule is O=C(C1=C[C@@H]2[C@H]3C(=O)N(c4cccc5ccccc45)C(=O)[C@@H]3[C@H](C(=O)c3ccc(Br)cc3)N2C=C1)c1ccccc1. The smallest absolute Gasteiger partial charge is 0.240 e. The Bertz CT molecular complexity index is 1810. The highest BCUT2D eigenvalue weighted by Crippen LogP contribution is 2.48. The van der Waals surface area contributed by atoms with Crippen LogP contribution in [-0.2, 0) is 9.59 Å². The van der Waals surface area contributed by atoms with Crippen molar-refractivity contribution in [1.29, 1.82) is 0 Å². The highest BCUT2D eigenvalue weighted by Gasteiger charge is 2.63. The summed E-state index contributed by atoms with van der Waals surface area (Å²) in [5.41, 5.74) is 1.91. The molecule has 7 heteroatoms. The van der Waals surface area contributed by atoms with Crippen LogP contribution in [0.2, 0.25) is 0 Å². The zero-order valence-electron chi connectivity index (χ0n) is 21.7. The first-order valence-electron chi connectivity index (χ1n) is 13.4. The Hall–Kier alpha value is -4.62. The van der Waals surface area contributed by atoms with Crippen molar-refractivity contribution in [3.8, 4) is 0 Å². The average molecular weight is 603 g/mol. The molecule has 4 aromatic carbocycles. The van der Waals surface area contributed by atoms with Crippen molar-refractivity contribution in [3.63, 3.8) is 0 Å². The summed E-state index contributed by atoms with van der Waals surface area (Å²) in [5, 5.41) is 1.69. The Kier molecular flexibility index (Phi) is 6.05. The molecule has 0 saturated carbocycles. The maximum atomic E-state index is 14.2. The largest absolute Gasteiger partial charge is 0.359 e. The van der Waals surface area contributed by atoms with Crippen LogP contribution in [0.1, 0.15) is 20.7 Å². The van der Waals surface area contributed by atoms with Crippen LogP contribution in [0.4, 0.5) is 5.69 Å². The molecule has 200 valence electrons. The van der Waals surface area contributed by atoms with Crippen molar-refractivity contribution >= 4 is 55.8 Å². The second-order valence-electron chi connectivity index (χ2n) is 10.4. The van der Waals surface area contributed by atoms with Gasteiger partial charge in [-0.15, -0.1) is 0 Å². The van der Waals surface area contributed by atoms with Gasteiger partial charge in [0.2, 0.25) is 11.8 Å². The number of anilines is 1. The molecule has 41 heavy (non-hydrogen) atoms. The highest BCUT2D eigenvalue weighted by atomic mass is 79.9. The molecule has 3 heterocycles. The topological polar surface area (TPSA) is 74.8 Å². The Morgan fingerprint density at radius 3 is 2.17 bits per heavy atom. The van der Waals surface area contributed by atoms with Crippen molar-refractivity contribution in [2.45, 2.75) is 12.1 Å². The number of nitrogens with zero attached hydrogens (tertiary/aromatic N) is 2. The molecule has 0 spiro atoms. The van der Waals surface area contributed by atoms with Gasteiger partial charge in [-0.2, -0.15) is 0 Å². The molecule has 2 amide bonds. The second kappa shape index (κ2) is 9.78. The first kappa shape index (κ1) is 25.4. The molecule has 0 bridgehead atoms. The van der Waals surface area contributed by atoms with Gasteiger partial charge >= 0.3 is 0 Å². The summed E-state index contributed by atoms with van der Waals surface area (Å²) in [5.74, 6) is -2.92. The minimum Gasteiger partial charge on any atom is -0.359 e. The quantitative estimate of drug-likeness (QED) is 0.207. The summed E-state index contributed by atoms with van der Waals surface area (Å²) in [7, 11) is 0. The molecule has 0 N–H and O–H groups in total. The van der Waals surface area contributed by atoms with E-state index >= 15 is 0 Å². The van der Waals surface area contributed by atoms with Gasteiger partial charge < -0.3 is 4.90 Å². The van der Waals surface area contributed by atoms with Gasteiger partial charge in [0.15, 0.2) is 11.6 Å². The lowest BCUT2D eigenvalue weighted by atomic mass is 9.85. The van der Waals surface area contributed by atoms with Gasteiger partial charge in [-0.25, -0.2) is 4.90 Å². The van der Waals surface area contributed by atoms with Crippen molar-refractivity contribution < 1.29 is 19.2 Å². The molecular formula is C34H23BrN2O4.